The Kier molecular flexibility index (Phi) is 5.44. The van der Waals surface area contributed by atoms with Crippen molar-refractivity contribution in [3.05, 3.63) is 0 Å². The number of carboxylic acids is 1. The lowest BCUT2D eigenvalue weighted by atomic mass is 9.76. The highest BCUT2D eigenvalue weighted by Crippen LogP contribution is 2.34. The molecular formula is C14H27NO2. The van der Waals surface area contributed by atoms with E-state index in [0.717, 1.165) is 25.7 Å². The molecule has 1 fully saturated rings. The third kappa shape index (κ3) is 4.30. The van der Waals surface area contributed by atoms with Gasteiger partial charge in [0.25, 0.3) is 0 Å². The van der Waals surface area contributed by atoms with Crippen LogP contribution in [0.2, 0.25) is 0 Å². The van der Waals surface area contributed by atoms with Gasteiger partial charge in [0.05, 0.1) is 5.92 Å². The third-order valence-corrected chi connectivity index (χ3v) is 4.04. The molecule has 1 aliphatic rings. The van der Waals surface area contributed by atoms with Crippen molar-refractivity contribution in [2.75, 3.05) is 14.1 Å². The summed E-state index contributed by atoms with van der Waals surface area (Å²) in [5.74, 6) is 0.699. The first-order valence-corrected chi connectivity index (χ1v) is 6.81. The van der Waals surface area contributed by atoms with Gasteiger partial charge in [-0.05, 0) is 58.0 Å². The van der Waals surface area contributed by atoms with Crippen molar-refractivity contribution in [2.24, 2.45) is 17.8 Å². The second kappa shape index (κ2) is 6.39. The minimum Gasteiger partial charge on any atom is -0.481 e. The van der Waals surface area contributed by atoms with E-state index in [1.54, 1.807) is 0 Å². The van der Waals surface area contributed by atoms with E-state index in [0.29, 0.717) is 17.9 Å². The second-order valence-electron chi connectivity index (χ2n) is 6.11. The Labute approximate surface area is 105 Å². The molecule has 0 aromatic rings. The smallest absolute Gasteiger partial charge is 0.306 e. The van der Waals surface area contributed by atoms with Crippen LogP contribution in [0.5, 0.6) is 0 Å². The highest BCUT2D eigenvalue weighted by molar-refractivity contribution is 5.69. The lowest BCUT2D eigenvalue weighted by Crippen LogP contribution is -2.39. The predicted octanol–water partition coefficient (Wildman–Crippen LogP) is 2.85. The average molecular weight is 241 g/mol. The zero-order chi connectivity index (χ0) is 13.0. The van der Waals surface area contributed by atoms with Crippen LogP contribution >= 0.6 is 0 Å². The van der Waals surface area contributed by atoms with Gasteiger partial charge in [0.2, 0.25) is 0 Å². The quantitative estimate of drug-likeness (QED) is 0.804. The first-order valence-electron chi connectivity index (χ1n) is 6.81. The van der Waals surface area contributed by atoms with Gasteiger partial charge in [-0.25, -0.2) is 0 Å². The number of nitrogens with zero attached hydrogens (tertiary/aromatic N) is 1. The molecule has 1 N–H and O–H groups in total. The maximum Gasteiger partial charge on any atom is 0.306 e. The highest BCUT2D eigenvalue weighted by Gasteiger charge is 2.31. The van der Waals surface area contributed by atoms with Gasteiger partial charge in [0, 0.05) is 6.04 Å². The highest BCUT2D eigenvalue weighted by atomic mass is 16.4. The fraction of sp³-hybridized carbons (Fsp3) is 0.929. The van der Waals surface area contributed by atoms with E-state index in [-0.39, 0.29) is 5.92 Å². The largest absolute Gasteiger partial charge is 0.481 e. The summed E-state index contributed by atoms with van der Waals surface area (Å²) in [5, 5.41) is 9.01. The Balaban J connectivity index is 2.51. The summed E-state index contributed by atoms with van der Waals surface area (Å²) >= 11 is 0. The third-order valence-electron chi connectivity index (χ3n) is 4.04. The predicted molar refractivity (Wildman–Crippen MR) is 70.0 cm³/mol. The first kappa shape index (κ1) is 14.5. The van der Waals surface area contributed by atoms with E-state index < -0.39 is 5.97 Å². The van der Waals surface area contributed by atoms with E-state index in [4.69, 9.17) is 5.11 Å². The first-order chi connectivity index (χ1) is 7.91. The van der Waals surface area contributed by atoms with E-state index >= 15 is 0 Å². The number of aliphatic carboxylic acids is 1. The molecule has 3 nitrogen and oxygen atoms in total. The minimum atomic E-state index is -0.603. The van der Waals surface area contributed by atoms with Crippen molar-refractivity contribution < 1.29 is 9.90 Å². The molecule has 0 bridgehead atoms. The number of hydrogen-bond acceptors (Lipinski definition) is 2. The standard InChI is InChI=1S/C14H27NO2/c1-10(2)9-13(15(3)4)11-5-7-12(8-6-11)14(16)17/h10-13H,5-9H2,1-4H3,(H,16,17). The number of rotatable bonds is 5. The van der Waals surface area contributed by atoms with E-state index in [1.165, 1.54) is 6.42 Å². The molecular weight excluding hydrogens is 214 g/mol. The zero-order valence-electron chi connectivity index (χ0n) is 11.6. The van der Waals surface area contributed by atoms with Crippen molar-refractivity contribution in [3.8, 4) is 0 Å². The summed E-state index contributed by atoms with van der Waals surface area (Å²) in [6.07, 6.45) is 5.10. The fourth-order valence-corrected chi connectivity index (χ4v) is 3.06. The van der Waals surface area contributed by atoms with Crippen LogP contribution in [-0.4, -0.2) is 36.1 Å². The SMILES string of the molecule is CC(C)CC(C1CCC(C(=O)O)CC1)N(C)C. The summed E-state index contributed by atoms with van der Waals surface area (Å²) in [5.41, 5.74) is 0. The van der Waals surface area contributed by atoms with Crippen molar-refractivity contribution in [1.82, 2.24) is 4.90 Å². The normalized spacial score (nSPS) is 27.4. The van der Waals surface area contributed by atoms with E-state index in [1.807, 2.05) is 0 Å². The Hall–Kier alpha value is -0.570. The summed E-state index contributed by atoms with van der Waals surface area (Å²) in [6.45, 7) is 4.53. The van der Waals surface area contributed by atoms with Crippen molar-refractivity contribution in [1.29, 1.82) is 0 Å². The molecule has 0 saturated heterocycles. The summed E-state index contributed by atoms with van der Waals surface area (Å²) < 4.78 is 0. The zero-order valence-corrected chi connectivity index (χ0v) is 11.6. The van der Waals surface area contributed by atoms with Crippen molar-refractivity contribution in [2.45, 2.75) is 52.0 Å². The van der Waals surface area contributed by atoms with Crippen LogP contribution in [0.25, 0.3) is 0 Å². The van der Waals surface area contributed by atoms with Gasteiger partial charge in [-0.1, -0.05) is 13.8 Å². The van der Waals surface area contributed by atoms with Gasteiger partial charge < -0.3 is 10.0 Å². The monoisotopic (exact) mass is 241 g/mol. The molecule has 0 radical (unpaired) electrons. The molecule has 1 aliphatic carbocycles. The van der Waals surface area contributed by atoms with Gasteiger partial charge in [0.15, 0.2) is 0 Å². The maximum absolute atomic E-state index is 10.9. The summed E-state index contributed by atoms with van der Waals surface area (Å²) in [4.78, 5) is 13.3. The lowest BCUT2D eigenvalue weighted by molar-refractivity contribution is -0.143. The molecule has 0 spiro atoms. The Bertz CT molecular complexity index is 243. The molecule has 17 heavy (non-hydrogen) atoms. The Morgan fingerprint density at radius 3 is 2.12 bits per heavy atom. The Morgan fingerprint density at radius 2 is 1.76 bits per heavy atom. The second-order valence-corrected chi connectivity index (χ2v) is 6.11. The molecule has 1 saturated carbocycles. The van der Waals surface area contributed by atoms with Crippen LogP contribution < -0.4 is 0 Å². The van der Waals surface area contributed by atoms with Crippen LogP contribution in [0.15, 0.2) is 0 Å². The van der Waals surface area contributed by atoms with Crippen LogP contribution in [0.1, 0.15) is 46.0 Å². The molecule has 0 aromatic carbocycles. The molecule has 0 heterocycles. The van der Waals surface area contributed by atoms with Crippen molar-refractivity contribution in [3.63, 3.8) is 0 Å². The Morgan fingerprint density at radius 1 is 1.24 bits per heavy atom. The number of carbonyl (C=O) groups is 1. The topological polar surface area (TPSA) is 40.5 Å². The molecule has 3 heteroatoms. The van der Waals surface area contributed by atoms with Crippen molar-refractivity contribution >= 4 is 5.97 Å². The molecule has 1 unspecified atom stereocenters. The van der Waals surface area contributed by atoms with E-state index in [9.17, 15) is 4.79 Å². The van der Waals surface area contributed by atoms with Gasteiger partial charge in [-0.15, -0.1) is 0 Å². The molecule has 0 amide bonds. The molecule has 1 atom stereocenters. The van der Waals surface area contributed by atoms with Gasteiger partial charge in [-0.3, -0.25) is 4.79 Å². The molecule has 100 valence electrons. The van der Waals surface area contributed by atoms with Crippen LogP contribution in [0, 0.1) is 17.8 Å². The maximum atomic E-state index is 10.9. The van der Waals surface area contributed by atoms with Crippen LogP contribution in [0.4, 0.5) is 0 Å². The van der Waals surface area contributed by atoms with Gasteiger partial charge >= 0.3 is 5.97 Å². The number of hydrogen-bond donors (Lipinski definition) is 1. The number of carboxylic acid groups (broad SMARTS) is 1. The van der Waals surface area contributed by atoms with Crippen LogP contribution in [0.3, 0.4) is 0 Å². The summed E-state index contributed by atoms with van der Waals surface area (Å²) in [7, 11) is 4.30. The van der Waals surface area contributed by atoms with Gasteiger partial charge in [0.1, 0.15) is 0 Å². The van der Waals surface area contributed by atoms with Gasteiger partial charge in [-0.2, -0.15) is 0 Å². The van der Waals surface area contributed by atoms with E-state index in [2.05, 4.69) is 32.8 Å². The lowest BCUT2D eigenvalue weighted by Gasteiger charge is -2.37. The summed E-state index contributed by atoms with van der Waals surface area (Å²) in [6, 6.07) is 0.616. The molecule has 0 aromatic heterocycles. The van der Waals surface area contributed by atoms with Crippen LogP contribution in [-0.2, 0) is 4.79 Å². The average Bonchev–Trinajstić information content (AvgIpc) is 2.25. The molecule has 0 aliphatic heterocycles. The fourth-order valence-electron chi connectivity index (χ4n) is 3.06. The molecule has 1 rings (SSSR count). The minimum absolute atomic E-state index is 0.0897.